The second-order valence-electron chi connectivity index (χ2n) is 8.86. The van der Waals surface area contributed by atoms with Crippen LogP contribution in [0.2, 0.25) is 10.0 Å². The molecule has 2 N–H and O–H groups in total. The fraction of sp³-hybridized carbons (Fsp3) is 0.0645. The number of amides is 2. The van der Waals surface area contributed by atoms with Crippen molar-refractivity contribution in [2.24, 2.45) is 0 Å². The van der Waals surface area contributed by atoms with E-state index < -0.39 is 5.25 Å². The summed E-state index contributed by atoms with van der Waals surface area (Å²) in [6.45, 7) is 1.90. The van der Waals surface area contributed by atoms with Crippen LogP contribution in [0.3, 0.4) is 0 Å². The lowest BCUT2D eigenvalue weighted by atomic mass is 10.1. The van der Waals surface area contributed by atoms with Gasteiger partial charge in [-0.1, -0.05) is 83.9 Å². The van der Waals surface area contributed by atoms with Crippen LogP contribution in [0.5, 0.6) is 0 Å². The number of thiazole rings is 1. The lowest BCUT2D eigenvalue weighted by Crippen LogP contribution is -2.19. The smallest absolute Gasteiger partial charge is 0.255 e. The molecular weight excluding hydrogens is 581 g/mol. The maximum atomic E-state index is 13.6. The topological polar surface area (TPSA) is 71.1 Å². The quantitative estimate of drug-likeness (QED) is 0.173. The Balaban J connectivity index is 1.34. The Labute approximate surface area is 250 Å². The number of aryl methyl sites for hydroxylation is 1. The van der Waals surface area contributed by atoms with E-state index in [0.29, 0.717) is 32.1 Å². The van der Waals surface area contributed by atoms with Crippen LogP contribution in [0, 0.1) is 6.92 Å². The van der Waals surface area contributed by atoms with Crippen LogP contribution in [0.4, 0.5) is 10.8 Å². The molecule has 0 saturated heterocycles. The van der Waals surface area contributed by atoms with Gasteiger partial charge in [-0.05, 0) is 54.4 Å². The van der Waals surface area contributed by atoms with Gasteiger partial charge in [0, 0.05) is 27.1 Å². The molecule has 1 heterocycles. The first-order chi connectivity index (χ1) is 19.4. The van der Waals surface area contributed by atoms with Gasteiger partial charge >= 0.3 is 0 Å². The van der Waals surface area contributed by atoms with Crippen molar-refractivity contribution >= 4 is 68.9 Å². The highest BCUT2D eigenvalue weighted by molar-refractivity contribution is 8.00. The molecule has 9 heteroatoms. The number of carbonyl (C=O) groups excluding carboxylic acids is 2. The third kappa shape index (κ3) is 6.74. The molecule has 0 aliphatic carbocycles. The zero-order valence-electron chi connectivity index (χ0n) is 21.2. The minimum atomic E-state index is -0.555. The number of hydrogen-bond donors (Lipinski definition) is 2. The molecule has 0 fully saturated rings. The molecule has 0 saturated carbocycles. The number of halogens is 2. The van der Waals surface area contributed by atoms with Crippen molar-refractivity contribution in [2.75, 3.05) is 10.6 Å². The van der Waals surface area contributed by atoms with Crippen LogP contribution < -0.4 is 10.6 Å². The maximum absolute atomic E-state index is 13.6. The summed E-state index contributed by atoms with van der Waals surface area (Å²) < 4.78 is 0. The minimum Gasteiger partial charge on any atom is -0.322 e. The lowest BCUT2D eigenvalue weighted by molar-refractivity contribution is -0.115. The first-order valence-electron chi connectivity index (χ1n) is 12.3. The molecule has 2 amide bonds. The van der Waals surface area contributed by atoms with Crippen LogP contribution in [-0.4, -0.2) is 16.8 Å². The number of anilines is 2. The average molecular weight is 605 g/mol. The summed E-state index contributed by atoms with van der Waals surface area (Å²) in [6.07, 6.45) is 0. The molecule has 5 aromatic rings. The Hall–Kier alpha value is -3.62. The first kappa shape index (κ1) is 27.9. The summed E-state index contributed by atoms with van der Waals surface area (Å²) in [5, 5.41) is 8.63. The number of aromatic nitrogens is 1. The predicted octanol–water partition coefficient (Wildman–Crippen LogP) is 9.15. The van der Waals surface area contributed by atoms with Crippen molar-refractivity contribution in [3.05, 3.63) is 129 Å². The Bertz CT molecular complexity index is 1670. The van der Waals surface area contributed by atoms with Gasteiger partial charge in [-0.2, -0.15) is 0 Å². The number of carbonyl (C=O) groups is 2. The molecule has 1 atom stereocenters. The maximum Gasteiger partial charge on any atom is 0.255 e. The zero-order chi connectivity index (χ0) is 28.1. The van der Waals surface area contributed by atoms with Crippen LogP contribution >= 0.6 is 46.3 Å². The molecule has 0 spiro atoms. The SMILES string of the molecule is Cc1ccccc1C(=O)Nc1cccc(SC(C(=O)Nc2nc(-c3ccc(Cl)c(Cl)c3)cs2)c2ccccc2)c1. The Morgan fingerprint density at radius 3 is 2.40 bits per heavy atom. The van der Waals surface area contributed by atoms with E-state index in [1.54, 1.807) is 18.2 Å². The van der Waals surface area contributed by atoms with Gasteiger partial charge in [0.05, 0.1) is 15.7 Å². The van der Waals surface area contributed by atoms with Crippen LogP contribution in [0.15, 0.2) is 107 Å². The van der Waals surface area contributed by atoms with E-state index in [1.165, 1.54) is 23.1 Å². The van der Waals surface area contributed by atoms with Gasteiger partial charge in [0.2, 0.25) is 5.91 Å². The van der Waals surface area contributed by atoms with Crippen molar-refractivity contribution in [2.45, 2.75) is 17.1 Å². The van der Waals surface area contributed by atoms with E-state index in [4.69, 9.17) is 23.2 Å². The average Bonchev–Trinajstić information content (AvgIpc) is 3.42. The Morgan fingerprint density at radius 2 is 1.62 bits per heavy atom. The Morgan fingerprint density at radius 1 is 0.850 bits per heavy atom. The largest absolute Gasteiger partial charge is 0.322 e. The molecule has 4 aromatic carbocycles. The number of benzene rings is 4. The molecular formula is C31H23Cl2N3O2S2. The van der Waals surface area contributed by atoms with Gasteiger partial charge in [0.25, 0.3) is 5.91 Å². The van der Waals surface area contributed by atoms with Crippen molar-refractivity contribution in [3.63, 3.8) is 0 Å². The first-order valence-corrected chi connectivity index (χ1v) is 14.8. The number of nitrogens with one attached hydrogen (secondary N) is 2. The lowest BCUT2D eigenvalue weighted by Gasteiger charge is -2.17. The predicted molar refractivity (Wildman–Crippen MR) is 167 cm³/mol. The molecule has 5 rings (SSSR count). The molecule has 0 aliphatic heterocycles. The van der Waals surface area contributed by atoms with E-state index >= 15 is 0 Å². The second-order valence-corrected chi connectivity index (χ2v) is 11.7. The molecule has 0 radical (unpaired) electrons. The van der Waals surface area contributed by atoms with Crippen molar-refractivity contribution in [3.8, 4) is 11.3 Å². The molecule has 0 aliphatic rings. The monoisotopic (exact) mass is 603 g/mol. The fourth-order valence-electron chi connectivity index (χ4n) is 4.00. The van der Waals surface area contributed by atoms with Crippen LogP contribution in [0.25, 0.3) is 11.3 Å². The summed E-state index contributed by atoms with van der Waals surface area (Å²) in [7, 11) is 0. The van der Waals surface area contributed by atoms with Crippen LogP contribution in [0.1, 0.15) is 26.7 Å². The van der Waals surface area contributed by atoms with E-state index in [9.17, 15) is 9.59 Å². The third-order valence-corrected chi connectivity index (χ3v) is 8.77. The van der Waals surface area contributed by atoms with E-state index in [2.05, 4.69) is 15.6 Å². The molecule has 40 heavy (non-hydrogen) atoms. The van der Waals surface area contributed by atoms with Gasteiger partial charge in [-0.15, -0.1) is 23.1 Å². The highest BCUT2D eigenvalue weighted by Gasteiger charge is 2.23. The van der Waals surface area contributed by atoms with Crippen molar-refractivity contribution in [1.29, 1.82) is 0 Å². The number of hydrogen-bond acceptors (Lipinski definition) is 5. The summed E-state index contributed by atoms with van der Waals surface area (Å²) >= 11 is 14.9. The molecule has 200 valence electrons. The molecule has 0 bridgehead atoms. The van der Waals surface area contributed by atoms with Crippen molar-refractivity contribution in [1.82, 2.24) is 4.98 Å². The highest BCUT2D eigenvalue weighted by Crippen LogP contribution is 2.38. The number of rotatable bonds is 8. The third-order valence-electron chi connectivity index (χ3n) is 6.03. The van der Waals surface area contributed by atoms with E-state index in [-0.39, 0.29) is 11.8 Å². The van der Waals surface area contributed by atoms with Gasteiger partial charge in [0.15, 0.2) is 5.13 Å². The van der Waals surface area contributed by atoms with Gasteiger partial charge in [0.1, 0.15) is 5.25 Å². The summed E-state index contributed by atoms with van der Waals surface area (Å²) in [4.78, 5) is 31.8. The number of thioether (sulfide) groups is 1. The standard InChI is InChI=1S/C31H23Cl2N3O2S2/c1-19-8-5-6-13-24(19)29(37)34-22-11-7-12-23(17-22)40-28(20-9-3-2-4-10-20)30(38)36-31-35-27(18-39-31)21-14-15-25(32)26(33)16-21/h2-18,28H,1H3,(H,34,37)(H,35,36,38). The molecule has 1 unspecified atom stereocenters. The van der Waals surface area contributed by atoms with Gasteiger partial charge in [-0.3, -0.25) is 9.59 Å². The zero-order valence-corrected chi connectivity index (χ0v) is 24.4. The fourth-order valence-corrected chi connectivity index (χ4v) is 6.10. The Kier molecular flexibility index (Phi) is 8.87. The van der Waals surface area contributed by atoms with Crippen molar-refractivity contribution < 1.29 is 9.59 Å². The number of nitrogens with zero attached hydrogens (tertiary/aromatic N) is 1. The normalized spacial score (nSPS) is 11.6. The second kappa shape index (κ2) is 12.7. The van der Waals surface area contributed by atoms with Gasteiger partial charge < -0.3 is 10.6 Å². The van der Waals surface area contributed by atoms with E-state index in [1.807, 2.05) is 91.2 Å². The van der Waals surface area contributed by atoms with Gasteiger partial charge in [-0.25, -0.2) is 4.98 Å². The highest BCUT2D eigenvalue weighted by atomic mass is 35.5. The molecule has 5 nitrogen and oxygen atoms in total. The molecule has 1 aromatic heterocycles. The summed E-state index contributed by atoms with van der Waals surface area (Å²) in [5.41, 5.74) is 4.52. The summed E-state index contributed by atoms with van der Waals surface area (Å²) in [6, 6.07) is 29.8. The minimum absolute atomic E-state index is 0.181. The van der Waals surface area contributed by atoms with E-state index in [0.717, 1.165) is 21.6 Å². The van der Waals surface area contributed by atoms with Crippen LogP contribution in [-0.2, 0) is 4.79 Å². The summed E-state index contributed by atoms with van der Waals surface area (Å²) in [5.74, 6) is -0.389.